The number of carboxylic acids is 3. The lowest BCUT2D eigenvalue weighted by Gasteiger charge is -2.30. The Bertz CT molecular complexity index is 690. The average molecular weight is 588 g/mol. The van der Waals surface area contributed by atoms with Gasteiger partial charge in [-0.2, -0.15) is 0 Å². The Labute approximate surface area is 236 Å². The number of quaternary nitrogens is 2. The number of guanidine groups is 1. The molecule has 0 saturated heterocycles. The lowest BCUT2D eigenvalue weighted by atomic mass is 10.2. The summed E-state index contributed by atoms with van der Waals surface area (Å²) in [7, 11) is 12.3. The van der Waals surface area contributed by atoms with E-state index in [2.05, 4.69) is 31.9 Å². The molecule has 12 N–H and O–H groups in total. The Kier molecular flexibility index (Phi) is 28.1. The first kappa shape index (κ1) is 44.4. The molecule has 17 heteroatoms. The second-order valence-corrected chi connectivity index (χ2v) is 10.5. The molecular weight excluding hydrogens is 534 g/mol. The summed E-state index contributed by atoms with van der Waals surface area (Å²) in [6.07, 6.45) is -0.305. The molecule has 0 bridgehead atoms. The van der Waals surface area contributed by atoms with Gasteiger partial charge in [0.2, 0.25) is 0 Å². The Hall–Kier alpha value is -2.64. The topological polar surface area (TPSA) is 304 Å². The molecule has 0 aromatic carbocycles. The van der Waals surface area contributed by atoms with Crippen molar-refractivity contribution < 1.29 is 58.7 Å². The molecule has 0 aliphatic rings. The van der Waals surface area contributed by atoms with Gasteiger partial charge >= 0.3 is 5.97 Å². The number of aliphatic hydroxyl groups is 3. The maximum absolute atomic E-state index is 10.7. The van der Waals surface area contributed by atoms with E-state index in [0.29, 0.717) is 37.0 Å². The van der Waals surface area contributed by atoms with Crippen molar-refractivity contribution in [2.24, 2.45) is 27.9 Å². The van der Waals surface area contributed by atoms with Crippen molar-refractivity contribution in [3.63, 3.8) is 0 Å². The van der Waals surface area contributed by atoms with Crippen LogP contribution in [-0.4, -0.2) is 160 Å². The highest BCUT2D eigenvalue weighted by Crippen LogP contribution is 2.05. The molecule has 1 unspecified atom stereocenters. The number of aliphatic imine (C=N–C) groups is 1. The largest absolute Gasteiger partial charge is 0.550 e. The maximum Gasteiger partial charge on any atom is 0.320 e. The van der Waals surface area contributed by atoms with Crippen molar-refractivity contribution in [3.05, 3.63) is 0 Å². The Morgan fingerprint density at radius 3 is 1.70 bits per heavy atom. The van der Waals surface area contributed by atoms with Crippen molar-refractivity contribution in [2.45, 2.75) is 37.5 Å². The van der Waals surface area contributed by atoms with E-state index in [1.807, 2.05) is 21.1 Å². The van der Waals surface area contributed by atoms with E-state index in [-0.39, 0.29) is 38.2 Å². The van der Waals surface area contributed by atoms with E-state index in [1.54, 1.807) is 0 Å². The molecule has 0 aliphatic carbocycles. The van der Waals surface area contributed by atoms with Gasteiger partial charge in [-0.1, -0.05) is 0 Å². The molecule has 0 heterocycles. The highest BCUT2D eigenvalue weighted by Gasteiger charge is 2.20. The standard InChI is InChI=1S/C12H27N2O3.C6H14N4O2.C3H8O3.C2H5NO2/c1-13(2,3)7-8-17-11(9-12(15)16)10-14(4,5)6;7-4(5(11)12)2-1-3-10-6(8)9;4-1-3(6)2-5;3-1-2(4)5/h11H,7-10H2,1-6H3;4H,1-3,7H2,(H,11,12)(H4,8,9,10);3-6H,1-2H2;1,3H2,(H,4,5)/q+1;;;/p-1/t;4-;;/m.0../s1. The number of nitrogens with two attached hydrogens (primary N) is 4. The molecule has 0 aliphatic heterocycles. The monoisotopic (exact) mass is 587 g/mol. The van der Waals surface area contributed by atoms with Crippen LogP contribution in [0.2, 0.25) is 0 Å². The van der Waals surface area contributed by atoms with Crippen LogP contribution >= 0.6 is 0 Å². The predicted octanol–water partition coefficient (Wildman–Crippen LogP) is -6.60. The Balaban J connectivity index is -0.000000243. The van der Waals surface area contributed by atoms with Crippen molar-refractivity contribution in [3.8, 4) is 0 Å². The second-order valence-electron chi connectivity index (χ2n) is 10.5. The van der Waals surface area contributed by atoms with Crippen LogP contribution in [0.1, 0.15) is 19.3 Å². The van der Waals surface area contributed by atoms with E-state index < -0.39 is 30.1 Å². The van der Waals surface area contributed by atoms with Crippen molar-refractivity contribution in [2.75, 3.05) is 88.3 Å². The number of ether oxygens (including phenoxy) is 1. The summed E-state index contributed by atoms with van der Waals surface area (Å²) in [6, 6.07) is -0.820. The first-order valence-corrected chi connectivity index (χ1v) is 12.4. The fourth-order valence-corrected chi connectivity index (χ4v) is 2.17. The molecule has 0 spiro atoms. The number of aliphatic hydroxyl groups excluding tert-OH is 3. The molecule has 40 heavy (non-hydrogen) atoms. The fraction of sp³-hybridized carbons (Fsp3) is 0.826. The van der Waals surface area contributed by atoms with Crippen molar-refractivity contribution in [1.29, 1.82) is 0 Å². The third kappa shape index (κ3) is 45.3. The molecule has 0 aromatic heterocycles. The summed E-state index contributed by atoms with van der Waals surface area (Å²) in [4.78, 5) is 33.7. The van der Waals surface area contributed by atoms with Gasteiger partial charge in [-0.3, -0.25) is 9.79 Å². The van der Waals surface area contributed by atoms with Gasteiger partial charge in [0.05, 0.1) is 68.1 Å². The van der Waals surface area contributed by atoms with E-state index in [0.717, 1.165) is 11.0 Å². The van der Waals surface area contributed by atoms with Crippen LogP contribution in [0.15, 0.2) is 4.99 Å². The third-order valence-corrected chi connectivity index (χ3v) is 4.13. The lowest BCUT2D eigenvalue weighted by molar-refractivity contribution is -0.876. The molecule has 2 atom stereocenters. The van der Waals surface area contributed by atoms with Crippen LogP contribution in [-0.2, 0) is 19.1 Å². The van der Waals surface area contributed by atoms with Gasteiger partial charge < -0.3 is 76.9 Å². The number of carbonyl (C=O) groups is 3. The van der Waals surface area contributed by atoms with Crippen LogP contribution in [0.25, 0.3) is 0 Å². The number of rotatable bonds is 16. The van der Waals surface area contributed by atoms with Gasteiger partial charge in [0.25, 0.3) is 0 Å². The van der Waals surface area contributed by atoms with Crippen LogP contribution in [0.5, 0.6) is 0 Å². The summed E-state index contributed by atoms with van der Waals surface area (Å²) in [5.74, 6) is -3.25. The van der Waals surface area contributed by atoms with Gasteiger partial charge in [0.1, 0.15) is 31.3 Å². The number of likely N-dealkylation sites (N-methyl/N-ethyl adjacent to an activating group) is 2. The predicted molar refractivity (Wildman–Crippen MR) is 145 cm³/mol. The number of hydrogen-bond donors (Lipinski definition) is 8. The lowest BCUT2D eigenvalue weighted by Crippen LogP contribution is -2.45. The normalized spacial score (nSPS) is 12.3. The number of carboxylic acid groups (broad SMARTS) is 3. The molecule has 17 nitrogen and oxygen atoms in total. The molecule has 0 aromatic rings. The molecule has 0 amide bonds. The third-order valence-electron chi connectivity index (χ3n) is 4.13. The summed E-state index contributed by atoms with van der Waals surface area (Å²) in [6.45, 7) is 1.41. The zero-order valence-electron chi connectivity index (χ0n) is 24.7. The molecule has 0 fully saturated rings. The van der Waals surface area contributed by atoms with Gasteiger partial charge in [-0.25, -0.2) is 0 Å². The summed E-state index contributed by atoms with van der Waals surface area (Å²) in [5, 5.41) is 52.2. The molecule has 0 saturated carbocycles. The molecule has 0 rings (SSSR count). The Morgan fingerprint density at radius 2 is 1.43 bits per heavy atom. The summed E-state index contributed by atoms with van der Waals surface area (Å²) >= 11 is 0. The SMILES string of the molecule is C[N+](C)(C)CCOC(CC(=O)[O-])C[N+](C)(C)C.NC(N)=NCCC[C@H](N)C(=O)O.NCC(=O)[O-].OCC(O)CO. The first-order valence-electron chi connectivity index (χ1n) is 12.4. The summed E-state index contributed by atoms with van der Waals surface area (Å²) in [5.41, 5.74) is 19.8. The smallest absolute Gasteiger partial charge is 0.320 e. The zero-order valence-corrected chi connectivity index (χ0v) is 24.7. The van der Waals surface area contributed by atoms with Gasteiger partial charge in [-0.15, -0.1) is 0 Å². The quantitative estimate of drug-likeness (QED) is 0.0360. The maximum atomic E-state index is 10.7. The minimum atomic E-state index is -1.22. The fourth-order valence-electron chi connectivity index (χ4n) is 2.17. The van der Waals surface area contributed by atoms with Gasteiger partial charge in [0.15, 0.2) is 5.96 Å². The molecule has 240 valence electrons. The van der Waals surface area contributed by atoms with Crippen molar-refractivity contribution in [1.82, 2.24) is 0 Å². The van der Waals surface area contributed by atoms with Crippen LogP contribution in [0.4, 0.5) is 0 Å². The van der Waals surface area contributed by atoms with E-state index in [9.17, 15) is 14.7 Å². The summed E-state index contributed by atoms with van der Waals surface area (Å²) < 4.78 is 7.14. The highest BCUT2D eigenvalue weighted by atomic mass is 16.5. The number of nitrogens with zero attached hydrogens (tertiary/aromatic N) is 3. The number of hydrogen-bond acceptors (Lipinski definition) is 12. The number of carbonyl (C=O) groups excluding carboxylic acids is 2. The minimum Gasteiger partial charge on any atom is -0.550 e. The van der Waals surface area contributed by atoms with Crippen molar-refractivity contribution >= 4 is 23.9 Å². The van der Waals surface area contributed by atoms with E-state index >= 15 is 0 Å². The highest BCUT2D eigenvalue weighted by molar-refractivity contribution is 5.75. The minimum absolute atomic E-state index is 0.0129. The first-order chi connectivity index (χ1) is 18.1. The average Bonchev–Trinajstić information content (AvgIpc) is 2.79. The van der Waals surface area contributed by atoms with Gasteiger partial charge in [-0.05, 0) is 12.8 Å². The van der Waals surface area contributed by atoms with Crippen LogP contribution in [0.3, 0.4) is 0 Å². The molecular formula is C23H53N7O10. The molecule has 0 radical (unpaired) electrons. The van der Waals surface area contributed by atoms with Gasteiger partial charge in [0, 0.05) is 25.5 Å². The van der Waals surface area contributed by atoms with E-state index in [4.69, 9.17) is 52.3 Å². The Morgan fingerprint density at radius 1 is 0.950 bits per heavy atom. The second kappa shape index (κ2) is 25.3. The van der Waals surface area contributed by atoms with Crippen LogP contribution < -0.4 is 33.1 Å². The van der Waals surface area contributed by atoms with Crippen LogP contribution in [0, 0.1) is 0 Å². The number of aliphatic carboxylic acids is 3. The zero-order chi connectivity index (χ0) is 32.5. The van der Waals surface area contributed by atoms with E-state index in [1.165, 1.54) is 0 Å².